The molecule has 154 valence electrons. The van der Waals surface area contributed by atoms with Crippen LogP contribution in [0.3, 0.4) is 0 Å². The first-order valence-corrected chi connectivity index (χ1v) is 10.8. The van der Waals surface area contributed by atoms with Crippen LogP contribution < -0.4 is 4.74 Å². The fourth-order valence-electron chi connectivity index (χ4n) is 4.34. The largest absolute Gasteiger partial charge is 0.492 e. The van der Waals surface area contributed by atoms with Crippen LogP contribution in [0.5, 0.6) is 5.75 Å². The second-order valence-electron chi connectivity index (χ2n) is 8.06. The molecule has 0 aliphatic carbocycles. The number of carbonyl (C=O) groups excluding carboxylic acids is 1. The van der Waals surface area contributed by atoms with Crippen LogP contribution in [0.15, 0.2) is 42.6 Å². The van der Waals surface area contributed by atoms with Gasteiger partial charge in [0.25, 0.3) is 0 Å². The summed E-state index contributed by atoms with van der Waals surface area (Å²) in [6.07, 6.45) is 5.55. The van der Waals surface area contributed by atoms with Crippen molar-refractivity contribution in [2.45, 2.75) is 31.7 Å². The van der Waals surface area contributed by atoms with E-state index in [1.165, 1.54) is 0 Å². The molecule has 1 aromatic heterocycles. The van der Waals surface area contributed by atoms with Crippen molar-refractivity contribution in [3.05, 3.63) is 58.9 Å². The number of fused-ring (bicyclic) bond motifs is 1. The van der Waals surface area contributed by atoms with Crippen LogP contribution in [0.4, 0.5) is 0 Å². The summed E-state index contributed by atoms with van der Waals surface area (Å²) in [5, 5.41) is 0.687. The van der Waals surface area contributed by atoms with Gasteiger partial charge in [0.15, 0.2) is 0 Å². The highest BCUT2D eigenvalue weighted by Crippen LogP contribution is 2.31. The number of benzene rings is 1. The average Bonchev–Trinajstić information content (AvgIpc) is 2.77. The maximum absolute atomic E-state index is 13.1. The molecule has 3 heterocycles. The molecule has 2 aliphatic rings. The summed E-state index contributed by atoms with van der Waals surface area (Å²) in [5.41, 5.74) is 2.17. The Hall–Kier alpha value is -2.11. The zero-order chi connectivity index (χ0) is 20.2. The van der Waals surface area contributed by atoms with Crippen LogP contribution >= 0.6 is 11.6 Å². The quantitative estimate of drug-likeness (QED) is 0.753. The van der Waals surface area contributed by atoms with Gasteiger partial charge in [0.05, 0.1) is 5.92 Å². The summed E-state index contributed by atoms with van der Waals surface area (Å²) < 4.78 is 5.82. The van der Waals surface area contributed by atoms with Gasteiger partial charge in [0.1, 0.15) is 12.4 Å². The Morgan fingerprint density at radius 3 is 2.86 bits per heavy atom. The molecule has 1 aromatic carbocycles. The number of rotatable bonds is 5. The Balaban J connectivity index is 1.27. The number of pyridine rings is 1. The Labute approximate surface area is 177 Å². The number of hydrogen-bond donors (Lipinski definition) is 0. The third-order valence-electron chi connectivity index (χ3n) is 6.14. The number of piperidine rings is 1. The van der Waals surface area contributed by atoms with Crippen molar-refractivity contribution >= 4 is 17.5 Å². The number of amides is 1. The molecule has 5 nitrogen and oxygen atoms in total. The van der Waals surface area contributed by atoms with E-state index in [4.69, 9.17) is 16.3 Å². The normalized spacial score (nSPS) is 20.0. The van der Waals surface area contributed by atoms with Gasteiger partial charge in [-0.15, -0.1) is 0 Å². The molecule has 29 heavy (non-hydrogen) atoms. The first-order chi connectivity index (χ1) is 14.1. The number of aromatic nitrogens is 1. The lowest BCUT2D eigenvalue weighted by molar-refractivity contribution is -0.138. The molecule has 0 bridgehead atoms. The molecule has 2 aromatic rings. The third kappa shape index (κ3) is 4.90. The zero-order valence-electron chi connectivity index (χ0n) is 16.9. The highest BCUT2D eigenvalue weighted by molar-refractivity contribution is 6.30. The van der Waals surface area contributed by atoms with Crippen molar-refractivity contribution in [1.82, 2.24) is 14.8 Å². The van der Waals surface area contributed by atoms with E-state index in [2.05, 4.69) is 16.0 Å². The summed E-state index contributed by atoms with van der Waals surface area (Å²) >= 11 is 6.11. The van der Waals surface area contributed by atoms with Crippen LogP contribution in [0.2, 0.25) is 5.02 Å². The molecule has 2 aliphatic heterocycles. The maximum Gasteiger partial charge on any atom is 0.229 e. The van der Waals surface area contributed by atoms with E-state index in [0.29, 0.717) is 24.1 Å². The Kier molecular flexibility index (Phi) is 6.36. The van der Waals surface area contributed by atoms with Gasteiger partial charge < -0.3 is 14.5 Å². The second kappa shape index (κ2) is 9.14. The SMILES string of the molecule is CN(C(=O)C1COc2ccc(Cl)cc2C1)C1CCN(CCc2ccccn2)CC1. The van der Waals surface area contributed by atoms with E-state index in [9.17, 15) is 4.79 Å². The smallest absolute Gasteiger partial charge is 0.229 e. The van der Waals surface area contributed by atoms with E-state index in [0.717, 1.165) is 55.9 Å². The number of ether oxygens (including phenoxy) is 1. The minimum atomic E-state index is -0.131. The number of halogens is 1. The second-order valence-corrected chi connectivity index (χ2v) is 8.49. The van der Waals surface area contributed by atoms with Crippen molar-refractivity contribution in [1.29, 1.82) is 0 Å². The van der Waals surface area contributed by atoms with Crippen molar-refractivity contribution in [2.75, 3.05) is 33.3 Å². The van der Waals surface area contributed by atoms with Crippen LogP contribution in [-0.2, 0) is 17.6 Å². The predicted octanol–water partition coefficient (Wildman–Crippen LogP) is 3.45. The van der Waals surface area contributed by atoms with Crippen molar-refractivity contribution in [3.8, 4) is 5.75 Å². The van der Waals surface area contributed by atoms with Gasteiger partial charge in [-0.05, 0) is 55.2 Å². The number of nitrogens with zero attached hydrogens (tertiary/aromatic N) is 3. The van der Waals surface area contributed by atoms with Crippen molar-refractivity contribution < 1.29 is 9.53 Å². The highest BCUT2D eigenvalue weighted by Gasteiger charge is 2.32. The lowest BCUT2D eigenvalue weighted by Gasteiger charge is -2.38. The van der Waals surface area contributed by atoms with Crippen molar-refractivity contribution in [3.63, 3.8) is 0 Å². The molecule has 0 N–H and O–H groups in total. The lowest BCUT2D eigenvalue weighted by atomic mass is 9.94. The van der Waals surface area contributed by atoms with Gasteiger partial charge in [-0.3, -0.25) is 9.78 Å². The Bertz CT molecular complexity index is 837. The molecule has 0 spiro atoms. The molecular weight excluding hydrogens is 386 g/mol. The highest BCUT2D eigenvalue weighted by atomic mass is 35.5. The molecule has 4 rings (SSSR count). The summed E-state index contributed by atoms with van der Waals surface area (Å²) in [4.78, 5) is 21.9. The van der Waals surface area contributed by atoms with E-state index in [1.807, 2.05) is 48.5 Å². The van der Waals surface area contributed by atoms with Gasteiger partial charge in [-0.1, -0.05) is 17.7 Å². The topological polar surface area (TPSA) is 45.7 Å². The van der Waals surface area contributed by atoms with Gasteiger partial charge in [0.2, 0.25) is 5.91 Å². The minimum Gasteiger partial charge on any atom is -0.492 e. The number of carbonyl (C=O) groups is 1. The molecule has 6 heteroatoms. The van der Waals surface area contributed by atoms with Gasteiger partial charge in [0, 0.05) is 56.1 Å². The van der Waals surface area contributed by atoms with Gasteiger partial charge in [-0.25, -0.2) is 0 Å². The van der Waals surface area contributed by atoms with Gasteiger partial charge >= 0.3 is 0 Å². The molecule has 0 saturated carbocycles. The van der Waals surface area contributed by atoms with E-state index >= 15 is 0 Å². The summed E-state index contributed by atoms with van der Waals surface area (Å²) in [7, 11) is 1.95. The van der Waals surface area contributed by atoms with Crippen LogP contribution in [0.1, 0.15) is 24.1 Å². The lowest BCUT2D eigenvalue weighted by Crippen LogP contribution is -2.49. The van der Waals surface area contributed by atoms with E-state index in [-0.39, 0.29) is 11.8 Å². The molecule has 0 radical (unpaired) electrons. The maximum atomic E-state index is 13.1. The van der Waals surface area contributed by atoms with E-state index in [1.54, 1.807) is 0 Å². The first kappa shape index (κ1) is 20.2. The van der Waals surface area contributed by atoms with Crippen LogP contribution in [-0.4, -0.2) is 60.0 Å². The van der Waals surface area contributed by atoms with Crippen LogP contribution in [0.25, 0.3) is 0 Å². The fraction of sp³-hybridized carbons (Fsp3) is 0.478. The standard InChI is InChI=1S/C23H28ClN3O2/c1-26(23(28)18-14-17-15-19(24)5-6-22(17)29-16-18)21-8-12-27(13-9-21)11-7-20-4-2-3-10-25-20/h2-6,10,15,18,21H,7-9,11-14,16H2,1H3. The Morgan fingerprint density at radius 2 is 2.10 bits per heavy atom. The summed E-state index contributed by atoms with van der Waals surface area (Å²) in [6, 6.07) is 12.0. The first-order valence-electron chi connectivity index (χ1n) is 10.4. The molecular formula is C23H28ClN3O2. The number of likely N-dealkylation sites (tertiary alicyclic amines) is 1. The van der Waals surface area contributed by atoms with Crippen molar-refractivity contribution in [2.24, 2.45) is 5.92 Å². The van der Waals surface area contributed by atoms with E-state index < -0.39 is 0 Å². The fourth-order valence-corrected chi connectivity index (χ4v) is 4.53. The number of hydrogen-bond acceptors (Lipinski definition) is 4. The minimum absolute atomic E-state index is 0.131. The third-order valence-corrected chi connectivity index (χ3v) is 6.38. The molecule has 1 unspecified atom stereocenters. The van der Waals surface area contributed by atoms with Gasteiger partial charge in [-0.2, -0.15) is 0 Å². The Morgan fingerprint density at radius 1 is 1.28 bits per heavy atom. The molecule has 1 fully saturated rings. The average molecular weight is 414 g/mol. The zero-order valence-corrected chi connectivity index (χ0v) is 17.6. The van der Waals surface area contributed by atoms with Crippen LogP contribution in [0, 0.1) is 5.92 Å². The summed E-state index contributed by atoms with van der Waals surface area (Å²) in [6.45, 7) is 3.51. The molecule has 1 amide bonds. The molecule has 1 saturated heterocycles. The predicted molar refractivity (Wildman–Crippen MR) is 114 cm³/mol. The molecule has 1 atom stereocenters. The monoisotopic (exact) mass is 413 g/mol. The summed E-state index contributed by atoms with van der Waals surface area (Å²) in [5.74, 6) is 0.901.